The molecule has 0 aliphatic heterocycles. The van der Waals surface area contributed by atoms with Gasteiger partial charge in [-0.2, -0.15) is 0 Å². The molecule has 2 rings (SSSR count). The number of nitrogens with two attached hydrogens (primary N) is 1. The quantitative estimate of drug-likeness (QED) is 0.815. The number of nitrogens with one attached hydrogen (secondary N) is 1. The zero-order valence-electron chi connectivity index (χ0n) is 11.2. The van der Waals surface area contributed by atoms with Crippen molar-refractivity contribution in [2.75, 3.05) is 6.54 Å². The molecule has 0 bridgehead atoms. The highest BCUT2D eigenvalue weighted by atomic mass is 32.2. The Morgan fingerprint density at radius 2 is 2.20 bits per heavy atom. The lowest BCUT2D eigenvalue weighted by Crippen LogP contribution is -2.33. The minimum Gasteiger partial charge on any atom is -0.469 e. The van der Waals surface area contributed by atoms with Gasteiger partial charge in [0.25, 0.3) is 0 Å². The van der Waals surface area contributed by atoms with Crippen LogP contribution in [0, 0.1) is 0 Å². The maximum atomic E-state index is 12.2. The van der Waals surface area contributed by atoms with E-state index in [4.69, 9.17) is 10.2 Å². The van der Waals surface area contributed by atoms with E-state index in [0.717, 1.165) is 10.6 Å². The second kappa shape index (κ2) is 6.53. The minimum absolute atomic E-state index is 0.230. The van der Waals surface area contributed by atoms with E-state index in [0.29, 0.717) is 23.6 Å². The van der Waals surface area contributed by atoms with Gasteiger partial charge in [-0.1, -0.05) is 0 Å². The van der Waals surface area contributed by atoms with Crippen LogP contribution >= 0.6 is 11.3 Å². The van der Waals surface area contributed by atoms with Crippen molar-refractivity contribution in [3.8, 4) is 0 Å². The standard InChI is InChI=1S/C13H18N2O3S2/c1-10(9-11-3-2-8-18-11)15-20(16,17)13-5-4-12(19-13)6-7-14/h2-5,8,10,15H,6-7,9,14H2,1H3. The average molecular weight is 314 g/mol. The van der Waals surface area contributed by atoms with Crippen molar-refractivity contribution in [1.29, 1.82) is 0 Å². The van der Waals surface area contributed by atoms with Crippen molar-refractivity contribution in [3.05, 3.63) is 41.2 Å². The van der Waals surface area contributed by atoms with Gasteiger partial charge < -0.3 is 10.2 Å². The Hall–Kier alpha value is -1.15. The van der Waals surface area contributed by atoms with Crippen molar-refractivity contribution < 1.29 is 12.8 Å². The smallest absolute Gasteiger partial charge is 0.250 e. The third-order valence-corrected chi connectivity index (χ3v) is 5.96. The maximum Gasteiger partial charge on any atom is 0.250 e. The Kier molecular flexibility index (Phi) is 4.98. The first-order chi connectivity index (χ1) is 9.51. The second-order valence-electron chi connectivity index (χ2n) is 4.57. The molecule has 0 saturated heterocycles. The van der Waals surface area contributed by atoms with Crippen molar-refractivity contribution in [2.24, 2.45) is 5.73 Å². The van der Waals surface area contributed by atoms with Crippen LogP contribution in [-0.2, 0) is 22.9 Å². The molecule has 0 fully saturated rings. The van der Waals surface area contributed by atoms with Crippen molar-refractivity contribution in [1.82, 2.24) is 4.72 Å². The van der Waals surface area contributed by atoms with E-state index in [9.17, 15) is 8.42 Å². The van der Waals surface area contributed by atoms with Gasteiger partial charge in [-0.05, 0) is 44.2 Å². The summed E-state index contributed by atoms with van der Waals surface area (Å²) >= 11 is 1.26. The summed E-state index contributed by atoms with van der Waals surface area (Å²) in [5.41, 5.74) is 5.47. The number of rotatable bonds is 7. The first-order valence-corrected chi connectivity index (χ1v) is 8.64. The van der Waals surface area contributed by atoms with E-state index in [2.05, 4.69) is 4.72 Å². The minimum atomic E-state index is -3.47. The Morgan fingerprint density at radius 3 is 2.85 bits per heavy atom. The van der Waals surface area contributed by atoms with Gasteiger partial charge in [0.15, 0.2) is 0 Å². The van der Waals surface area contributed by atoms with Crippen LogP contribution in [0.25, 0.3) is 0 Å². The molecule has 0 aromatic carbocycles. The van der Waals surface area contributed by atoms with Crippen LogP contribution in [0.2, 0.25) is 0 Å². The normalized spacial score (nSPS) is 13.5. The molecule has 5 nitrogen and oxygen atoms in total. The van der Waals surface area contributed by atoms with Gasteiger partial charge in [-0.25, -0.2) is 13.1 Å². The summed E-state index contributed by atoms with van der Waals surface area (Å²) in [6.07, 6.45) is 2.80. The zero-order valence-corrected chi connectivity index (χ0v) is 12.8. The summed E-state index contributed by atoms with van der Waals surface area (Å²) in [5, 5.41) is 0. The fourth-order valence-electron chi connectivity index (χ4n) is 1.87. The Balaban J connectivity index is 2.02. The molecule has 0 amide bonds. The zero-order chi connectivity index (χ0) is 14.6. The van der Waals surface area contributed by atoms with Gasteiger partial charge >= 0.3 is 0 Å². The molecule has 0 saturated carbocycles. The van der Waals surface area contributed by atoms with E-state index >= 15 is 0 Å². The van der Waals surface area contributed by atoms with Crippen molar-refractivity contribution in [3.63, 3.8) is 0 Å². The van der Waals surface area contributed by atoms with Gasteiger partial charge in [0.05, 0.1) is 6.26 Å². The summed E-state index contributed by atoms with van der Waals surface area (Å²) in [6.45, 7) is 2.33. The molecule has 1 atom stereocenters. The van der Waals surface area contributed by atoms with Crippen LogP contribution in [0.1, 0.15) is 17.6 Å². The van der Waals surface area contributed by atoms with Crippen LogP contribution in [0.5, 0.6) is 0 Å². The fraction of sp³-hybridized carbons (Fsp3) is 0.385. The monoisotopic (exact) mass is 314 g/mol. The van der Waals surface area contributed by atoms with Crippen LogP contribution in [0.15, 0.2) is 39.2 Å². The fourth-order valence-corrected chi connectivity index (χ4v) is 4.51. The van der Waals surface area contributed by atoms with Crippen molar-refractivity contribution in [2.45, 2.75) is 30.0 Å². The largest absolute Gasteiger partial charge is 0.469 e. The summed E-state index contributed by atoms with van der Waals surface area (Å²) in [5.74, 6) is 0.759. The lowest BCUT2D eigenvalue weighted by atomic mass is 10.2. The molecular formula is C13H18N2O3S2. The van der Waals surface area contributed by atoms with Gasteiger partial charge in [-0.3, -0.25) is 0 Å². The number of hydrogen-bond acceptors (Lipinski definition) is 5. The molecule has 7 heteroatoms. The van der Waals surface area contributed by atoms with E-state index in [-0.39, 0.29) is 6.04 Å². The summed E-state index contributed by atoms with van der Waals surface area (Å²) in [4.78, 5) is 0.978. The predicted octanol–water partition coefficient (Wildman–Crippen LogP) is 1.75. The molecule has 2 heterocycles. The maximum absolute atomic E-state index is 12.2. The molecule has 2 aromatic heterocycles. The number of thiophene rings is 1. The highest BCUT2D eigenvalue weighted by Crippen LogP contribution is 2.22. The Bertz CT molecular complexity index is 632. The summed E-state index contributed by atoms with van der Waals surface area (Å²) in [6, 6.07) is 6.82. The van der Waals surface area contributed by atoms with Gasteiger partial charge in [0.1, 0.15) is 9.97 Å². The molecule has 1 unspecified atom stereocenters. The second-order valence-corrected chi connectivity index (χ2v) is 7.67. The Morgan fingerprint density at radius 1 is 1.40 bits per heavy atom. The number of furan rings is 1. The van der Waals surface area contributed by atoms with E-state index in [1.165, 1.54) is 11.3 Å². The molecule has 20 heavy (non-hydrogen) atoms. The predicted molar refractivity (Wildman–Crippen MR) is 79.3 cm³/mol. The number of hydrogen-bond donors (Lipinski definition) is 2. The Labute approximate surface area is 122 Å². The molecule has 0 aliphatic carbocycles. The average Bonchev–Trinajstić information content (AvgIpc) is 3.00. The van der Waals surface area contributed by atoms with Crippen molar-refractivity contribution >= 4 is 21.4 Å². The number of sulfonamides is 1. The summed E-state index contributed by atoms with van der Waals surface area (Å²) in [7, 11) is -3.47. The molecule has 110 valence electrons. The molecule has 0 aliphatic rings. The van der Waals surface area contributed by atoms with E-state index in [1.54, 1.807) is 18.4 Å². The van der Waals surface area contributed by atoms with E-state index < -0.39 is 10.0 Å². The van der Waals surface area contributed by atoms with Gasteiger partial charge in [-0.15, -0.1) is 11.3 Å². The van der Waals surface area contributed by atoms with Gasteiger partial charge in [0, 0.05) is 17.3 Å². The van der Waals surface area contributed by atoms with Crippen LogP contribution in [-0.4, -0.2) is 21.0 Å². The van der Waals surface area contributed by atoms with Crippen LogP contribution in [0.4, 0.5) is 0 Å². The van der Waals surface area contributed by atoms with Gasteiger partial charge in [0.2, 0.25) is 10.0 Å². The molecule has 2 aromatic rings. The van der Waals surface area contributed by atoms with Crippen LogP contribution in [0.3, 0.4) is 0 Å². The highest BCUT2D eigenvalue weighted by molar-refractivity contribution is 7.91. The first kappa shape index (κ1) is 15.2. The third-order valence-electron chi connectivity index (χ3n) is 2.74. The SMILES string of the molecule is CC(Cc1ccco1)NS(=O)(=O)c1ccc(CCN)s1. The van der Waals surface area contributed by atoms with E-state index in [1.807, 2.05) is 19.1 Å². The molecule has 3 N–H and O–H groups in total. The third kappa shape index (κ3) is 3.92. The van der Waals surface area contributed by atoms with Crippen LogP contribution < -0.4 is 10.5 Å². The molecule has 0 radical (unpaired) electrons. The first-order valence-electron chi connectivity index (χ1n) is 6.35. The molecular weight excluding hydrogens is 296 g/mol. The lowest BCUT2D eigenvalue weighted by molar-refractivity contribution is 0.479. The highest BCUT2D eigenvalue weighted by Gasteiger charge is 2.20. The molecule has 0 spiro atoms. The topological polar surface area (TPSA) is 85.3 Å². The lowest BCUT2D eigenvalue weighted by Gasteiger charge is -2.11. The summed E-state index contributed by atoms with van der Waals surface area (Å²) < 4.78 is 32.7.